The van der Waals surface area contributed by atoms with E-state index in [2.05, 4.69) is 0 Å². The van der Waals surface area contributed by atoms with Gasteiger partial charge in [0, 0.05) is 20.1 Å². The molecule has 0 spiro atoms. The van der Waals surface area contributed by atoms with Crippen LogP contribution >= 0.6 is 0 Å². The van der Waals surface area contributed by atoms with Crippen LogP contribution in [-0.2, 0) is 9.47 Å². The molecule has 1 rings (SSSR count). The molecule has 1 heterocycles. The second-order valence-corrected chi connectivity index (χ2v) is 5.87. The van der Waals surface area contributed by atoms with Gasteiger partial charge < -0.3 is 9.47 Å². The summed E-state index contributed by atoms with van der Waals surface area (Å²) in [4.78, 5) is 14.9. The molecule has 0 saturated carbocycles. The van der Waals surface area contributed by atoms with E-state index >= 15 is 0 Å². The molecular weight excluding hydrogens is 270 g/mol. The minimum absolute atomic E-state index is 0.272. The minimum atomic E-state index is -0.770. The first-order valence-electron chi connectivity index (χ1n) is 6.72. The lowest BCUT2D eigenvalue weighted by molar-refractivity contribution is -0.113. The fourth-order valence-electron chi connectivity index (χ4n) is 1.90. The van der Waals surface area contributed by atoms with Crippen LogP contribution in [0.1, 0.15) is 20.8 Å². The van der Waals surface area contributed by atoms with Gasteiger partial charge in [-0.25, -0.2) is 13.6 Å². The van der Waals surface area contributed by atoms with Crippen LogP contribution in [0.25, 0.3) is 0 Å². The number of likely N-dealkylation sites (N-methyl/N-ethyl adjacent to an activating group) is 1. The zero-order chi connectivity index (χ0) is 15.3. The van der Waals surface area contributed by atoms with Crippen molar-refractivity contribution in [2.45, 2.75) is 38.6 Å². The average Bonchev–Trinajstić information content (AvgIpc) is 2.37. The van der Waals surface area contributed by atoms with Crippen LogP contribution in [0.2, 0.25) is 0 Å². The van der Waals surface area contributed by atoms with Gasteiger partial charge >= 0.3 is 6.09 Å². The number of ether oxygens (including phenoxy) is 2. The maximum absolute atomic E-state index is 12.7. The number of hydrogen-bond acceptors (Lipinski definition) is 4. The molecule has 1 aliphatic heterocycles. The number of alkyl halides is 2. The molecule has 7 heteroatoms. The van der Waals surface area contributed by atoms with Crippen LogP contribution in [0.5, 0.6) is 0 Å². The molecule has 0 aliphatic carbocycles. The third-order valence-electron chi connectivity index (χ3n) is 3.07. The minimum Gasteiger partial charge on any atom is -0.444 e. The number of nitrogens with zero attached hydrogens (tertiary/aromatic N) is 2. The summed E-state index contributed by atoms with van der Waals surface area (Å²) in [6.45, 7) is 4.87. The summed E-state index contributed by atoms with van der Waals surface area (Å²) in [6, 6.07) is -0.770. The summed E-state index contributed by atoms with van der Waals surface area (Å²) >= 11 is 0. The van der Waals surface area contributed by atoms with E-state index in [-0.39, 0.29) is 6.54 Å². The van der Waals surface area contributed by atoms with Crippen LogP contribution in [-0.4, -0.2) is 73.9 Å². The van der Waals surface area contributed by atoms with Crippen LogP contribution < -0.4 is 0 Å². The predicted octanol–water partition coefficient (Wildman–Crippen LogP) is 1.82. The molecule has 0 aromatic heterocycles. The van der Waals surface area contributed by atoms with E-state index in [1.807, 2.05) is 0 Å². The Kier molecular flexibility index (Phi) is 6.13. The Morgan fingerprint density at radius 3 is 2.55 bits per heavy atom. The van der Waals surface area contributed by atoms with E-state index in [4.69, 9.17) is 9.47 Å². The highest BCUT2D eigenvalue weighted by atomic mass is 19.1. The van der Waals surface area contributed by atoms with Gasteiger partial charge in [0.15, 0.2) is 0 Å². The smallest absolute Gasteiger partial charge is 0.412 e. The molecule has 118 valence electrons. The normalized spacial score (nSPS) is 21.1. The molecule has 0 radical (unpaired) electrons. The SMILES string of the molecule is CN(C(=O)OC(C)(C)C)C1CN(C(CF)CF)CCO1. The van der Waals surface area contributed by atoms with E-state index in [9.17, 15) is 13.6 Å². The van der Waals surface area contributed by atoms with Gasteiger partial charge in [-0.2, -0.15) is 0 Å². The van der Waals surface area contributed by atoms with E-state index in [1.165, 1.54) is 4.90 Å². The highest BCUT2D eigenvalue weighted by molar-refractivity contribution is 5.68. The molecule has 1 amide bonds. The number of carbonyl (C=O) groups excluding carboxylic acids is 1. The Morgan fingerprint density at radius 2 is 2.05 bits per heavy atom. The number of carbonyl (C=O) groups is 1. The predicted molar refractivity (Wildman–Crippen MR) is 71.0 cm³/mol. The van der Waals surface area contributed by atoms with Crippen molar-refractivity contribution in [1.82, 2.24) is 9.80 Å². The summed E-state index contributed by atoms with van der Waals surface area (Å²) in [7, 11) is 1.56. The molecule has 0 aromatic rings. The molecule has 20 heavy (non-hydrogen) atoms. The lowest BCUT2D eigenvalue weighted by Crippen LogP contribution is -2.55. The Balaban J connectivity index is 2.60. The van der Waals surface area contributed by atoms with Gasteiger partial charge in [0.2, 0.25) is 0 Å². The van der Waals surface area contributed by atoms with Crippen molar-refractivity contribution in [3.8, 4) is 0 Å². The molecule has 1 fully saturated rings. The zero-order valence-electron chi connectivity index (χ0n) is 12.6. The summed E-state index contributed by atoms with van der Waals surface area (Å²) in [5.41, 5.74) is -0.597. The summed E-state index contributed by atoms with van der Waals surface area (Å²) < 4.78 is 36.2. The van der Waals surface area contributed by atoms with Crippen molar-refractivity contribution < 1.29 is 23.0 Å². The van der Waals surface area contributed by atoms with Crippen molar-refractivity contribution in [1.29, 1.82) is 0 Å². The fourth-order valence-corrected chi connectivity index (χ4v) is 1.90. The van der Waals surface area contributed by atoms with Gasteiger partial charge in [-0.15, -0.1) is 0 Å². The first-order chi connectivity index (χ1) is 9.28. The second-order valence-electron chi connectivity index (χ2n) is 5.87. The Hall–Kier alpha value is -0.950. The van der Waals surface area contributed by atoms with Crippen molar-refractivity contribution in [2.24, 2.45) is 0 Å². The number of rotatable bonds is 4. The molecule has 5 nitrogen and oxygen atoms in total. The second kappa shape index (κ2) is 7.17. The highest BCUT2D eigenvalue weighted by Gasteiger charge is 2.32. The van der Waals surface area contributed by atoms with Gasteiger partial charge in [0.1, 0.15) is 25.2 Å². The largest absolute Gasteiger partial charge is 0.444 e. The first-order valence-corrected chi connectivity index (χ1v) is 6.72. The van der Waals surface area contributed by atoms with E-state index in [0.717, 1.165) is 0 Å². The zero-order valence-corrected chi connectivity index (χ0v) is 12.6. The van der Waals surface area contributed by atoms with Crippen LogP contribution in [0.3, 0.4) is 0 Å². The number of halogens is 2. The standard InChI is InChI=1S/C13H24F2N2O3/c1-13(2,3)20-12(18)16(4)11-9-17(5-6-19-11)10(7-14)8-15/h10-11H,5-9H2,1-4H3. The van der Waals surface area contributed by atoms with Gasteiger partial charge in [-0.3, -0.25) is 9.80 Å². The third-order valence-corrected chi connectivity index (χ3v) is 3.07. The maximum Gasteiger partial charge on any atom is 0.412 e. The fraction of sp³-hybridized carbons (Fsp3) is 0.923. The monoisotopic (exact) mass is 294 g/mol. The van der Waals surface area contributed by atoms with Gasteiger partial charge in [-0.05, 0) is 20.8 Å². The van der Waals surface area contributed by atoms with Gasteiger partial charge in [0.25, 0.3) is 0 Å². The summed E-state index contributed by atoms with van der Waals surface area (Å²) in [6.07, 6.45) is -1.07. The molecule has 0 aromatic carbocycles. The molecule has 1 aliphatic rings. The van der Waals surface area contributed by atoms with Crippen molar-refractivity contribution in [3.05, 3.63) is 0 Å². The Labute approximate surface area is 118 Å². The van der Waals surface area contributed by atoms with E-state index in [0.29, 0.717) is 13.2 Å². The molecule has 1 saturated heterocycles. The molecule has 0 bridgehead atoms. The van der Waals surface area contributed by atoms with Crippen LogP contribution in [0.4, 0.5) is 13.6 Å². The summed E-state index contributed by atoms with van der Waals surface area (Å²) in [5.74, 6) is 0. The molecular formula is C13H24F2N2O3. The topological polar surface area (TPSA) is 42.0 Å². The Bertz CT molecular complexity index is 319. The van der Waals surface area contributed by atoms with Crippen LogP contribution in [0.15, 0.2) is 0 Å². The molecule has 1 unspecified atom stereocenters. The van der Waals surface area contributed by atoms with Crippen molar-refractivity contribution in [3.63, 3.8) is 0 Å². The number of hydrogen-bond donors (Lipinski definition) is 0. The van der Waals surface area contributed by atoms with Crippen molar-refractivity contribution >= 4 is 6.09 Å². The summed E-state index contributed by atoms with van der Waals surface area (Å²) in [5, 5.41) is 0. The number of morpholine rings is 1. The molecule has 1 atom stereocenters. The number of amides is 1. The van der Waals surface area contributed by atoms with E-state index in [1.54, 1.807) is 32.7 Å². The lowest BCUT2D eigenvalue weighted by atomic mass is 10.2. The Morgan fingerprint density at radius 1 is 1.45 bits per heavy atom. The van der Waals surface area contributed by atoms with Crippen LogP contribution in [0, 0.1) is 0 Å². The lowest BCUT2D eigenvalue weighted by Gasteiger charge is -2.39. The molecule has 0 N–H and O–H groups in total. The van der Waals surface area contributed by atoms with Crippen molar-refractivity contribution in [2.75, 3.05) is 40.1 Å². The van der Waals surface area contributed by atoms with Gasteiger partial charge in [-0.1, -0.05) is 0 Å². The third kappa shape index (κ3) is 4.86. The van der Waals surface area contributed by atoms with Gasteiger partial charge in [0.05, 0.1) is 12.6 Å². The average molecular weight is 294 g/mol. The maximum atomic E-state index is 12.7. The van der Waals surface area contributed by atoms with E-state index < -0.39 is 37.3 Å². The highest BCUT2D eigenvalue weighted by Crippen LogP contribution is 2.16. The quantitative estimate of drug-likeness (QED) is 0.793. The first kappa shape index (κ1) is 17.1.